The van der Waals surface area contributed by atoms with Crippen molar-refractivity contribution in [1.82, 2.24) is 0 Å². The summed E-state index contributed by atoms with van der Waals surface area (Å²) in [5, 5.41) is 18.2. The molecule has 0 spiro atoms. The Labute approximate surface area is 84.1 Å². The normalized spacial score (nSPS) is 19.5. The molecule has 1 aliphatic rings. The summed E-state index contributed by atoms with van der Waals surface area (Å²) in [5.41, 5.74) is 0.369. The lowest BCUT2D eigenvalue weighted by Gasteiger charge is -2.23. The smallest absolute Gasteiger partial charge is 0.106 e. The third kappa shape index (κ3) is 1.58. The molecule has 0 heterocycles. The molecule has 2 heteroatoms. The molecule has 0 atom stereocenters. The molecule has 2 rings (SSSR count). The molecule has 0 saturated heterocycles. The van der Waals surface area contributed by atoms with Gasteiger partial charge in [-0.15, -0.1) is 0 Å². The number of hydrogen-bond acceptors (Lipinski definition) is 2. The summed E-state index contributed by atoms with van der Waals surface area (Å²) in [6, 6.07) is 9.51. The van der Waals surface area contributed by atoms with Gasteiger partial charge in [-0.25, -0.2) is 0 Å². The van der Waals surface area contributed by atoms with Gasteiger partial charge in [0.2, 0.25) is 0 Å². The Morgan fingerprint density at radius 2 is 1.71 bits per heavy atom. The van der Waals surface area contributed by atoms with E-state index in [2.05, 4.69) is 0 Å². The van der Waals surface area contributed by atoms with Gasteiger partial charge in [-0.1, -0.05) is 43.2 Å². The zero-order valence-electron chi connectivity index (χ0n) is 8.16. The molecule has 0 aromatic heterocycles. The number of aliphatic hydroxyl groups is 1. The summed E-state index contributed by atoms with van der Waals surface area (Å²) in [5.74, 6) is 0. The van der Waals surface area contributed by atoms with Crippen molar-refractivity contribution in [3.8, 4) is 0 Å². The number of hydrogen-bond donors (Lipinski definition) is 2. The largest absolute Gasteiger partial charge is 0.384 e. The zero-order chi connectivity index (χ0) is 10.0. The summed E-state index contributed by atoms with van der Waals surface area (Å²) in [4.78, 5) is 0. The number of rotatable bonds is 2. The predicted molar refractivity (Wildman–Crippen MR) is 56.7 cm³/mol. The second-order valence-corrected chi connectivity index (χ2v) is 3.98. The molecule has 0 amide bonds. The van der Waals surface area contributed by atoms with Gasteiger partial charge in [0.1, 0.15) is 5.60 Å². The molecule has 1 aromatic carbocycles. The first-order valence-electron chi connectivity index (χ1n) is 5.09. The van der Waals surface area contributed by atoms with Crippen molar-refractivity contribution >= 4 is 5.71 Å². The van der Waals surface area contributed by atoms with Gasteiger partial charge in [-0.2, -0.15) is 0 Å². The number of nitrogens with one attached hydrogen (secondary N) is 1. The maximum Gasteiger partial charge on any atom is 0.106 e. The SMILES string of the molecule is N=C(c1ccccc1)C1(O)CCCC1. The second-order valence-electron chi connectivity index (χ2n) is 3.98. The molecule has 1 aliphatic carbocycles. The van der Waals surface area contributed by atoms with Crippen molar-refractivity contribution in [2.24, 2.45) is 0 Å². The van der Waals surface area contributed by atoms with Gasteiger partial charge in [0.25, 0.3) is 0 Å². The molecule has 74 valence electrons. The molecule has 14 heavy (non-hydrogen) atoms. The van der Waals surface area contributed by atoms with Crippen molar-refractivity contribution in [3.63, 3.8) is 0 Å². The Hall–Kier alpha value is -1.15. The van der Waals surface area contributed by atoms with Crippen LogP contribution < -0.4 is 0 Å². The number of benzene rings is 1. The minimum Gasteiger partial charge on any atom is -0.384 e. The summed E-state index contributed by atoms with van der Waals surface area (Å²) in [6.45, 7) is 0. The fourth-order valence-corrected chi connectivity index (χ4v) is 2.08. The average molecular weight is 189 g/mol. The van der Waals surface area contributed by atoms with E-state index in [1.165, 1.54) is 0 Å². The van der Waals surface area contributed by atoms with Gasteiger partial charge < -0.3 is 10.5 Å². The molecule has 2 N–H and O–H groups in total. The van der Waals surface area contributed by atoms with Crippen LogP contribution in [0.5, 0.6) is 0 Å². The quantitative estimate of drug-likeness (QED) is 0.689. The fraction of sp³-hybridized carbons (Fsp3) is 0.417. The lowest BCUT2D eigenvalue weighted by Crippen LogP contribution is -2.35. The Kier molecular flexibility index (Phi) is 2.38. The molecule has 0 radical (unpaired) electrons. The first kappa shape index (κ1) is 9.41. The molecule has 1 fully saturated rings. The standard InChI is InChI=1S/C12H15NO/c13-11(10-6-2-1-3-7-10)12(14)8-4-5-9-12/h1-3,6-7,13-14H,4-5,8-9H2. The predicted octanol–water partition coefficient (Wildman–Crippen LogP) is 2.36. The highest BCUT2D eigenvalue weighted by molar-refractivity contribution is 6.04. The Morgan fingerprint density at radius 3 is 2.29 bits per heavy atom. The van der Waals surface area contributed by atoms with Crippen LogP contribution in [-0.4, -0.2) is 16.4 Å². The van der Waals surface area contributed by atoms with E-state index in [0.29, 0.717) is 5.71 Å². The molecule has 0 aliphatic heterocycles. The monoisotopic (exact) mass is 189 g/mol. The van der Waals surface area contributed by atoms with E-state index < -0.39 is 5.60 Å². The molecule has 2 nitrogen and oxygen atoms in total. The van der Waals surface area contributed by atoms with E-state index in [9.17, 15) is 5.11 Å². The lowest BCUT2D eigenvalue weighted by molar-refractivity contribution is 0.120. The van der Waals surface area contributed by atoms with Crippen LogP contribution in [0.1, 0.15) is 31.2 Å². The Morgan fingerprint density at radius 1 is 1.14 bits per heavy atom. The molecule has 1 aromatic rings. The van der Waals surface area contributed by atoms with E-state index in [-0.39, 0.29) is 0 Å². The van der Waals surface area contributed by atoms with Gasteiger partial charge in [0.15, 0.2) is 0 Å². The second kappa shape index (κ2) is 3.54. The summed E-state index contributed by atoms with van der Waals surface area (Å²) in [7, 11) is 0. The summed E-state index contributed by atoms with van der Waals surface area (Å²) >= 11 is 0. The van der Waals surface area contributed by atoms with Crippen LogP contribution >= 0.6 is 0 Å². The topological polar surface area (TPSA) is 44.1 Å². The summed E-state index contributed by atoms with van der Waals surface area (Å²) < 4.78 is 0. The maximum absolute atomic E-state index is 10.2. The first-order chi connectivity index (χ1) is 6.72. The van der Waals surface area contributed by atoms with Crippen LogP contribution in [0.4, 0.5) is 0 Å². The van der Waals surface area contributed by atoms with Crippen molar-refractivity contribution in [2.75, 3.05) is 0 Å². The van der Waals surface area contributed by atoms with Crippen molar-refractivity contribution < 1.29 is 5.11 Å². The van der Waals surface area contributed by atoms with Crippen LogP contribution in [-0.2, 0) is 0 Å². The fourth-order valence-electron chi connectivity index (χ4n) is 2.08. The highest BCUT2D eigenvalue weighted by Crippen LogP contribution is 2.32. The summed E-state index contributed by atoms with van der Waals surface area (Å²) in [6.07, 6.45) is 3.54. The molecular formula is C12H15NO. The van der Waals surface area contributed by atoms with E-state index in [1.54, 1.807) is 0 Å². The third-order valence-electron chi connectivity index (χ3n) is 2.96. The van der Waals surface area contributed by atoms with Crippen LogP contribution in [0, 0.1) is 5.41 Å². The molecule has 0 bridgehead atoms. The van der Waals surface area contributed by atoms with Crippen molar-refractivity contribution in [3.05, 3.63) is 35.9 Å². The zero-order valence-corrected chi connectivity index (χ0v) is 8.16. The maximum atomic E-state index is 10.2. The minimum atomic E-state index is -0.860. The van der Waals surface area contributed by atoms with Gasteiger partial charge in [0.05, 0.1) is 5.71 Å². The van der Waals surface area contributed by atoms with Gasteiger partial charge >= 0.3 is 0 Å². The van der Waals surface area contributed by atoms with Gasteiger partial charge in [0, 0.05) is 0 Å². The average Bonchev–Trinajstić information content (AvgIpc) is 2.67. The minimum absolute atomic E-state index is 0.385. The molecule has 1 saturated carbocycles. The van der Waals surface area contributed by atoms with E-state index in [1.807, 2.05) is 30.3 Å². The van der Waals surface area contributed by atoms with E-state index in [0.717, 1.165) is 31.2 Å². The first-order valence-corrected chi connectivity index (χ1v) is 5.09. The van der Waals surface area contributed by atoms with Crippen molar-refractivity contribution in [2.45, 2.75) is 31.3 Å². The Bertz CT molecular complexity index is 325. The lowest BCUT2D eigenvalue weighted by atomic mass is 9.91. The third-order valence-corrected chi connectivity index (χ3v) is 2.96. The Balaban J connectivity index is 2.24. The van der Waals surface area contributed by atoms with Gasteiger partial charge in [-0.3, -0.25) is 0 Å². The van der Waals surface area contributed by atoms with Gasteiger partial charge in [-0.05, 0) is 18.4 Å². The molecular weight excluding hydrogens is 174 g/mol. The van der Waals surface area contributed by atoms with Crippen LogP contribution in [0.15, 0.2) is 30.3 Å². The van der Waals surface area contributed by atoms with Crippen LogP contribution in [0.25, 0.3) is 0 Å². The molecule has 0 unspecified atom stereocenters. The van der Waals surface area contributed by atoms with E-state index >= 15 is 0 Å². The van der Waals surface area contributed by atoms with Crippen LogP contribution in [0.2, 0.25) is 0 Å². The van der Waals surface area contributed by atoms with Crippen LogP contribution in [0.3, 0.4) is 0 Å². The highest BCUT2D eigenvalue weighted by Gasteiger charge is 2.35. The van der Waals surface area contributed by atoms with E-state index in [4.69, 9.17) is 5.41 Å². The van der Waals surface area contributed by atoms with Crippen molar-refractivity contribution in [1.29, 1.82) is 5.41 Å². The highest BCUT2D eigenvalue weighted by atomic mass is 16.3.